The quantitative estimate of drug-likeness (QED) is 0.563. The predicted octanol–water partition coefficient (Wildman–Crippen LogP) is 4.58. The molecule has 0 unspecified atom stereocenters. The van der Waals surface area contributed by atoms with E-state index in [0.29, 0.717) is 28.0 Å². The van der Waals surface area contributed by atoms with Gasteiger partial charge in [-0.15, -0.1) is 0 Å². The Morgan fingerprint density at radius 1 is 1.04 bits per heavy atom. The van der Waals surface area contributed by atoms with Crippen molar-refractivity contribution in [3.05, 3.63) is 58.2 Å². The number of carbonyl (C=O) groups is 1. The van der Waals surface area contributed by atoms with Crippen LogP contribution in [0.4, 0.5) is 0 Å². The number of rotatable bonds is 6. The van der Waals surface area contributed by atoms with E-state index >= 15 is 0 Å². The van der Waals surface area contributed by atoms with Crippen LogP contribution in [0.5, 0.6) is 17.2 Å². The molecular formula is C21H20ClNO5. The lowest BCUT2D eigenvalue weighted by Crippen LogP contribution is -2.08. The normalized spacial score (nSPS) is 10.6. The smallest absolute Gasteiger partial charge is 0.338 e. The van der Waals surface area contributed by atoms with Crippen LogP contribution in [0.25, 0.3) is 10.9 Å². The highest BCUT2D eigenvalue weighted by Gasteiger charge is 2.19. The van der Waals surface area contributed by atoms with E-state index < -0.39 is 5.97 Å². The average molecular weight is 402 g/mol. The van der Waals surface area contributed by atoms with Crippen molar-refractivity contribution < 1.29 is 23.7 Å². The Morgan fingerprint density at radius 3 is 2.29 bits per heavy atom. The number of benzene rings is 2. The van der Waals surface area contributed by atoms with E-state index in [1.54, 1.807) is 0 Å². The van der Waals surface area contributed by atoms with Crippen molar-refractivity contribution in [2.24, 2.45) is 0 Å². The molecule has 0 atom stereocenters. The van der Waals surface area contributed by atoms with Crippen molar-refractivity contribution in [1.29, 1.82) is 0 Å². The molecule has 0 saturated carbocycles. The van der Waals surface area contributed by atoms with Crippen molar-refractivity contribution in [3.63, 3.8) is 0 Å². The number of hydrogen-bond acceptors (Lipinski definition) is 6. The van der Waals surface area contributed by atoms with E-state index in [1.165, 1.54) is 33.5 Å². The molecule has 146 valence electrons. The summed E-state index contributed by atoms with van der Waals surface area (Å²) >= 11 is 6.43. The molecule has 0 amide bonds. The predicted molar refractivity (Wildman–Crippen MR) is 107 cm³/mol. The number of methoxy groups -OCH3 is 3. The maximum absolute atomic E-state index is 12.6. The number of aryl methyl sites for hydroxylation is 1. The van der Waals surface area contributed by atoms with Gasteiger partial charge >= 0.3 is 5.97 Å². The van der Waals surface area contributed by atoms with Crippen LogP contribution in [0.15, 0.2) is 36.4 Å². The maximum atomic E-state index is 12.6. The van der Waals surface area contributed by atoms with Crippen LogP contribution in [0, 0.1) is 6.92 Å². The lowest BCUT2D eigenvalue weighted by Gasteiger charge is -2.14. The number of carbonyl (C=O) groups excluding carboxylic acids is 1. The molecule has 6 nitrogen and oxygen atoms in total. The molecule has 0 radical (unpaired) electrons. The molecule has 1 aromatic heterocycles. The first-order chi connectivity index (χ1) is 13.5. The molecule has 2 aromatic carbocycles. The molecule has 0 spiro atoms. The molecule has 3 aromatic rings. The third kappa shape index (κ3) is 3.68. The van der Waals surface area contributed by atoms with E-state index in [0.717, 1.165) is 16.5 Å². The van der Waals surface area contributed by atoms with Gasteiger partial charge < -0.3 is 18.9 Å². The van der Waals surface area contributed by atoms with Crippen LogP contribution in [-0.4, -0.2) is 32.3 Å². The molecule has 28 heavy (non-hydrogen) atoms. The molecule has 1 heterocycles. The lowest BCUT2D eigenvalue weighted by atomic mass is 10.1. The first-order valence-corrected chi connectivity index (χ1v) is 8.88. The standard InChI is InChI=1S/C21H20ClNO5/c1-12-14-7-5-6-8-15(14)23-16(19(12)22)11-28-21(24)13-9-17(25-2)20(27-4)18(10-13)26-3/h5-10H,11H2,1-4H3. The molecule has 0 aliphatic heterocycles. The van der Waals surface area contributed by atoms with Crippen molar-refractivity contribution in [2.75, 3.05) is 21.3 Å². The van der Waals surface area contributed by atoms with Crippen LogP contribution >= 0.6 is 11.6 Å². The largest absolute Gasteiger partial charge is 0.493 e. The summed E-state index contributed by atoms with van der Waals surface area (Å²) in [5, 5.41) is 1.45. The second kappa shape index (κ2) is 8.35. The second-order valence-corrected chi connectivity index (χ2v) is 6.38. The molecule has 0 aliphatic carbocycles. The van der Waals surface area contributed by atoms with Gasteiger partial charge in [-0.25, -0.2) is 9.78 Å². The fraction of sp³-hybridized carbons (Fsp3) is 0.238. The first kappa shape index (κ1) is 19.8. The molecule has 0 fully saturated rings. The number of pyridine rings is 1. The van der Waals surface area contributed by atoms with Gasteiger partial charge in [-0.1, -0.05) is 29.8 Å². The highest BCUT2D eigenvalue weighted by Crippen LogP contribution is 2.38. The average Bonchev–Trinajstić information content (AvgIpc) is 2.73. The Hall–Kier alpha value is -2.99. The minimum atomic E-state index is -0.553. The highest BCUT2D eigenvalue weighted by molar-refractivity contribution is 6.32. The summed E-state index contributed by atoms with van der Waals surface area (Å²) in [5.74, 6) is 0.581. The van der Waals surface area contributed by atoms with Gasteiger partial charge in [0.2, 0.25) is 5.75 Å². The fourth-order valence-electron chi connectivity index (χ4n) is 2.93. The molecule has 0 saturated heterocycles. The first-order valence-electron chi connectivity index (χ1n) is 8.51. The zero-order valence-electron chi connectivity index (χ0n) is 16.0. The monoisotopic (exact) mass is 401 g/mol. The number of nitrogens with zero attached hydrogens (tertiary/aromatic N) is 1. The summed E-state index contributed by atoms with van der Waals surface area (Å²) in [7, 11) is 4.45. The Kier molecular flexibility index (Phi) is 5.90. The van der Waals surface area contributed by atoms with Crippen molar-refractivity contribution in [1.82, 2.24) is 4.98 Å². The minimum absolute atomic E-state index is 0.0556. The zero-order valence-corrected chi connectivity index (χ0v) is 16.8. The summed E-state index contributed by atoms with van der Waals surface area (Å²) < 4.78 is 21.2. The zero-order chi connectivity index (χ0) is 20.3. The molecular weight excluding hydrogens is 382 g/mol. The molecule has 0 bridgehead atoms. The van der Waals surface area contributed by atoms with Crippen LogP contribution in [-0.2, 0) is 11.3 Å². The van der Waals surface area contributed by atoms with E-state index in [1.807, 2.05) is 31.2 Å². The number of halogens is 1. The van der Waals surface area contributed by atoms with Gasteiger partial charge in [0.25, 0.3) is 0 Å². The highest BCUT2D eigenvalue weighted by atomic mass is 35.5. The minimum Gasteiger partial charge on any atom is -0.493 e. The fourth-order valence-corrected chi connectivity index (χ4v) is 3.13. The van der Waals surface area contributed by atoms with E-state index in [9.17, 15) is 4.79 Å². The van der Waals surface area contributed by atoms with Crippen LogP contribution in [0.3, 0.4) is 0 Å². The number of fused-ring (bicyclic) bond motifs is 1. The Balaban J connectivity index is 1.87. The summed E-state index contributed by atoms with van der Waals surface area (Å²) in [5.41, 5.74) is 2.45. The van der Waals surface area contributed by atoms with Crippen LogP contribution in [0.1, 0.15) is 21.6 Å². The Bertz CT molecular complexity index is 1010. The summed E-state index contributed by atoms with van der Waals surface area (Å²) in [6.45, 7) is 1.86. The third-order valence-electron chi connectivity index (χ3n) is 4.39. The van der Waals surface area contributed by atoms with E-state index in [-0.39, 0.29) is 12.2 Å². The number of esters is 1. The van der Waals surface area contributed by atoms with Gasteiger partial charge in [-0.2, -0.15) is 0 Å². The lowest BCUT2D eigenvalue weighted by molar-refractivity contribution is 0.0467. The number of para-hydroxylation sites is 1. The number of hydrogen-bond donors (Lipinski definition) is 0. The van der Waals surface area contributed by atoms with Gasteiger partial charge in [0.1, 0.15) is 6.61 Å². The summed E-state index contributed by atoms with van der Waals surface area (Å²) in [4.78, 5) is 17.1. The van der Waals surface area contributed by atoms with Gasteiger partial charge in [-0.3, -0.25) is 0 Å². The topological polar surface area (TPSA) is 66.9 Å². The van der Waals surface area contributed by atoms with E-state index in [4.69, 9.17) is 30.5 Å². The van der Waals surface area contributed by atoms with Crippen LogP contribution in [0.2, 0.25) is 5.02 Å². The van der Waals surface area contributed by atoms with Crippen molar-refractivity contribution in [2.45, 2.75) is 13.5 Å². The molecule has 0 aliphatic rings. The van der Waals surface area contributed by atoms with Gasteiger partial charge in [0.05, 0.1) is 43.1 Å². The van der Waals surface area contributed by atoms with Gasteiger partial charge in [0, 0.05) is 5.39 Å². The number of ether oxygens (including phenoxy) is 4. The van der Waals surface area contributed by atoms with E-state index in [2.05, 4.69) is 4.98 Å². The van der Waals surface area contributed by atoms with Crippen LogP contribution < -0.4 is 14.2 Å². The Morgan fingerprint density at radius 2 is 1.68 bits per heavy atom. The van der Waals surface area contributed by atoms with Gasteiger partial charge in [-0.05, 0) is 30.7 Å². The summed E-state index contributed by atoms with van der Waals surface area (Å²) in [6, 6.07) is 10.7. The Labute approximate surface area is 167 Å². The molecule has 0 N–H and O–H groups in total. The maximum Gasteiger partial charge on any atom is 0.338 e. The van der Waals surface area contributed by atoms with Crippen molar-refractivity contribution >= 4 is 28.5 Å². The van der Waals surface area contributed by atoms with Gasteiger partial charge in [0.15, 0.2) is 11.5 Å². The molecule has 7 heteroatoms. The third-order valence-corrected chi connectivity index (χ3v) is 4.89. The molecule has 3 rings (SSSR count). The second-order valence-electron chi connectivity index (χ2n) is 6.00. The number of aromatic nitrogens is 1. The summed E-state index contributed by atoms with van der Waals surface area (Å²) in [6.07, 6.45) is 0. The SMILES string of the molecule is COc1cc(C(=O)OCc2nc3ccccc3c(C)c2Cl)cc(OC)c1OC. The van der Waals surface area contributed by atoms with Crippen molar-refractivity contribution in [3.8, 4) is 17.2 Å².